The number of hydrogen-bond acceptors (Lipinski definition) is 7. The fraction of sp³-hybridized carbons (Fsp3) is 0.0400. The van der Waals surface area contributed by atoms with E-state index >= 15 is 0 Å². The summed E-state index contributed by atoms with van der Waals surface area (Å²) in [4.78, 5) is 8.01. The van der Waals surface area contributed by atoms with Gasteiger partial charge in [0, 0.05) is 22.6 Å². The van der Waals surface area contributed by atoms with Crippen molar-refractivity contribution in [1.82, 2.24) is 9.97 Å². The third-order valence-corrected chi connectivity index (χ3v) is 7.75. The standard InChI is InChI=1S/C25H15ClF2N2O4S2/c26-19-9-24(36(31,32)13-18-12-35-14-29-18)20(28)10-23(19)34-22-6-5-21(15-1-3-17(27)4-2-15)30-25(22)16-7-8-33-11-16/h1-12,14H,13H2. The van der Waals surface area contributed by atoms with Gasteiger partial charge in [0.25, 0.3) is 0 Å². The first-order valence-corrected chi connectivity index (χ1v) is 13.3. The van der Waals surface area contributed by atoms with Crippen molar-refractivity contribution in [2.24, 2.45) is 0 Å². The highest BCUT2D eigenvalue weighted by Gasteiger charge is 2.24. The van der Waals surface area contributed by atoms with Crippen LogP contribution in [0.3, 0.4) is 0 Å². The van der Waals surface area contributed by atoms with Gasteiger partial charge in [-0.3, -0.25) is 0 Å². The topological polar surface area (TPSA) is 82.3 Å². The van der Waals surface area contributed by atoms with Gasteiger partial charge in [-0.25, -0.2) is 27.2 Å². The van der Waals surface area contributed by atoms with Crippen LogP contribution in [-0.4, -0.2) is 18.4 Å². The monoisotopic (exact) mass is 544 g/mol. The molecule has 6 nitrogen and oxygen atoms in total. The second kappa shape index (κ2) is 9.81. The predicted octanol–water partition coefficient (Wildman–Crippen LogP) is 7.16. The van der Waals surface area contributed by atoms with Crippen LogP contribution in [0.15, 0.2) is 87.3 Å². The van der Waals surface area contributed by atoms with Crippen LogP contribution in [0.5, 0.6) is 11.5 Å². The quantitative estimate of drug-likeness (QED) is 0.216. The van der Waals surface area contributed by atoms with Gasteiger partial charge in [0.05, 0.1) is 40.2 Å². The maximum Gasteiger partial charge on any atom is 0.187 e. The van der Waals surface area contributed by atoms with Crippen molar-refractivity contribution in [3.8, 4) is 34.0 Å². The van der Waals surface area contributed by atoms with Crippen molar-refractivity contribution in [3.05, 3.63) is 100 Å². The van der Waals surface area contributed by atoms with E-state index in [9.17, 15) is 17.2 Å². The highest BCUT2D eigenvalue weighted by atomic mass is 35.5. The lowest BCUT2D eigenvalue weighted by molar-refractivity contribution is 0.473. The summed E-state index contributed by atoms with van der Waals surface area (Å²) in [5.41, 5.74) is 3.96. The Kier molecular flexibility index (Phi) is 6.57. The summed E-state index contributed by atoms with van der Waals surface area (Å²) in [7, 11) is -4.03. The van der Waals surface area contributed by atoms with Crippen LogP contribution in [0.1, 0.15) is 5.69 Å². The molecule has 0 saturated heterocycles. The molecule has 5 rings (SSSR count). The molecule has 3 heterocycles. The molecule has 182 valence electrons. The Labute approximate surface area is 213 Å². The van der Waals surface area contributed by atoms with Crippen LogP contribution in [-0.2, 0) is 15.6 Å². The van der Waals surface area contributed by atoms with E-state index in [2.05, 4.69) is 9.97 Å². The summed E-state index contributed by atoms with van der Waals surface area (Å²) in [6.07, 6.45) is 2.92. The number of benzene rings is 2. The molecule has 0 unspecified atom stereocenters. The first-order valence-electron chi connectivity index (χ1n) is 10.4. The summed E-state index contributed by atoms with van der Waals surface area (Å²) < 4.78 is 64.8. The van der Waals surface area contributed by atoms with E-state index in [0.29, 0.717) is 28.2 Å². The number of pyridine rings is 1. The smallest absolute Gasteiger partial charge is 0.187 e. The number of thiazole rings is 1. The summed E-state index contributed by atoms with van der Waals surface area (Å²) in [6.45, 7) is 0. The number of hydrogen-bond donors (Lipinski definition) is 0. The molecule has 0 saturated carbocycles. The van der Waals surface area contributed by atoms with Crippen LogP contribution in [0, 0.1) is 11.6 Å². The largest absolute Gasteiger partial charge is 0.472 e. The molecule has 0 fully saturated rings. The number of halogens is 3. The fourth-order valence-corrected chi connectivity index (χ4v) is 5.73. The SMILES string of the molecule is O=S(=O)(Cc1cscn1)c1cc(Cl)c(Oc2ccc(-c3ccc(F)cc3)nc2-c2ccoc2)cc1F. The zero-order valence-corrected chi connectivity index (χ0v) is 20.6. The average molecular weight is 545 g/mol. The van der Waals surface area contributed by atoms with Gasteiger partial charge in [-0.2, -0.15) is 0 Å². The minimum Gasteiger partial charge on any atom is -0.472 e. The first-order chi connectivity index (χ1) is 17.3. The zero-order valence-electron chi connectivity index (χ0n) is 18.2. The van der Waals surface area contributed by atoms with Crippen LogP contribution in [0.2, 0.25) is 5.02 Å². The second-order valence-corrected chi connectivity index (χ2v) is 10.7. The van der Waals surface area contributed by atoms with E-state index in [4.69, 9.17) is 20.8 Å². The Morgan fingerprint density at radius 3 is 2.50 bits per heavy atom. The Bertz CT molecular complexity index is 1620. The maximum atomic E-state index is 15.0. The lowest BCUT2D eigenvalue weighted by Gasteiger charge is -2.14. The Morgan fingerprint density at radius 1 is 1.00 bits per heavy atom. The number of aromatic nitrogens is 2. The average Bonchev–Trinajstić information content (AvgIpc) is 3.56. The highest BCUT2D eigenvalue weighted by Crippen LogP contribution is 2.39. The van der Waals surface area contributed by atoms with E-state index in [1.54, 1.807) is 35.7 Å². The van der Waals surface area contributed by atoms with Crippen LogP contribution >= 0.6 is 22.9 Å². The molecule has 0 bridgehead atoms. The number of furan rings is 1. The molecule has 3 aromatic heterocycles. The van der Waals surface area contributed by atoms with Gasteiger partial charge in [0.1, 0.15) is 28.0 Å². The molecule has 0 spiro atoms. The molecule has 2 aromatic carbocycles. The van der Waals surface area contributed by atoms with Gasteiger partial charge in [0.2, 0.25) is 0 Å². The summed E-state index contributed by atoms with van der Waals surface area (Å²) >= 11 is 7.56. The van der Waals surface area contributed by atoms with Gasteiger partial charge in [0.15, 0.2) is 15.6 Å². The van der Waals surface area contributed by atoms with Crippen LogP contribution in [0.25, 0.3) is 22.5 Å². The molecule has 0 aliphatic rings. The van der Waals surface area contributed by atoms with E-state index in [-0.39, 0.29) is 22.3 Å². The van der Waals surface area contributed by atoms with Gasteiger partial charge in [-0.15, -0.1) is 11.3 Å². The van der Waals surface area contributed by atoms with E-state index in [0.717, 1.165) is 12.1 Å². The molecule has 0 aliphatic heterocycles. The van der Waals surface area contributed by atoms with Crippen LogP contribution in [0.4, 0.5) is 8.78 Å². The Morgan fingerprint density at radius 2 is 1.81 bits per heavy atom. The Hall–Kier alpha value is -3.60. The van der Waals surface area contributed by atoms with Gasteiger partial charge >= 0.3 is 0 Å². The lowest BCUT2D eigenvalue weighted by Crippen LogP contribution is -2.08. The normalized spacial score (nSPS) is 11.5. The second-order valence-electron chi connectivity index (χ2n) is 7.62. The van der Waals surface area contributed by atoms with Crippen molar-refractivity contribution in [3.63, 3.8) is 0 Å². The number of ether oxygens (including phenoxy) is 1. The zero-order chi connectivity index (χ0) is 25.3. The molecular formula is C25H15ClF2N2O4S2. The van der Waals surface area contributed by atoms with Gasteiger partial charge < -0.3 is 9.15 Å². The number of sulfone groups is 1. The van der Waals surface area contributed by atoms with Crippen molar-refractivity contribution >= 4 is 32.8 Å². The van der Waals surface area contributed by atoms with Crippen molar-refractivity contribution < 1.29 is 26.4 Å². The maximum absolute atomic E-state index is 15.0. The summed E-state index contributed by atoms with van der Waals surface area (Å²) in [5.74, 6) is -1.71. The number of nitrogens with zero attached hydrogens (tertiary/aromatic N) is 2. The molecule has 0 aliphatic carbocycles. The summed E-state index contributed by atoms with van der Waals surface area (Å²) in [6, 6.07) is 12.7. The summed E-state index contributed by atoms with van der Waals surface area (Å²) in [5, 5.41) is 1.48. The molecule has 0 amide bonds. The minimum absolute atomic E-state index is 0.0946. The van der Waals surface area contributed by atoms with E-state index in [1.807, 2.05) is 0 Å². The molecule has 36 heavy (non-hydrogen) atoms. The third-order valence-electron chi connectivity index (χ3n) is 5.16. The molecular weight excluding hydrogens is 530 g/mol. The number of rotatable bonds is 7. The molecule has 0 radical (unpaired) electrons. The van der Waals surface area contributed by atoms with Crippen LogP contribution < -0.4 is 4.74 Å². The molecule has 5 aromatic rings. The van der Waals surface area contributed by atoms with E-state index in [1.165, 1.54) is 41.5 Å². The van der Waals surface area contributed by atoms with Gasteiger partial charge in [-0.05, 0) is 48.5 Å². The Balaban J connectivity index is 1.50. The first kappa shape index (κ1) is 24.1. The molecule has 11 heteroatoms. The van der Waals surface area contributed by atoms with Gasteiger partial charge in [-0.1, -0.05) is 11.6 Å². The van der Waals surface area contributed by atoms with Crippen molar-refractivity contribution in [1.29, 1.82) is 0 Å². The van der Waals surface area contributed by atoms with Crippen molar-refractivity contribution in [2.75, 3.05) is 0 Å². The lowest BCUT2D eigenvalue weighted by atomic mass is 10.1. The minimum atomic E-state index is -4.03. The highest BCUT2D eigenvalue weighted by molar-refractivity contribution is 7.90. The van der Waals surface area contributed by atoms with Crippen molar-refractivity contribution in [2.45, 2.75) is 10.6 Å². The molecule has 0 N–H and O–H groups in total. The van der Waals surface area contributed by atoms with E-state index < -0.39 is 26.3 Å². The fourth-order valence-electron chi connectivity index (χ4n) is 3.44. The third kappa shape index (κ3) is 5.01. The predicted molar refractivity (Wildman–Crippen MR) is 132 cm³/mol. The molecule has 0 atom stereocenters.